The Kier molecular flexibility index (Phi) is 5.49. The molecule has 0 radical (unpaired) electrons. The van der Waals surface area contributed by atoms with Crippen LogP contribution in [0.25, 0.3) is 0 Å². The molecule has 1 heterocycles. The fourth-order valence-electron chi connectivity index (χ4n) is 2.91. The molecule has 0 aromatic heterocycles. The lowest BCUT2D eigenvalue weighted by atomic mass is 10.1. The first-order valence-electron chi connectivity index (χ1n) is 8.66. The molecule has 0 bridgehead atoms. The summed E-state index contributed by atoms with van der Waals surface area (Å²) in [6.07, 6.45) is 0. The van der Waals surface area contributed by atoms with Crippen molar-refractivity contribution in [2.24, 2.45) is 0 Å². The summed E-state index contributed by atoms with van der Waals surface area (Å²) < 4.78 is 12.9. The molecule has 1 fully saturated rings. The van der Waals surface area contributed by atoms with Crippen LogP contribution in [-0.2, 0) is 4.79 Å². The summed E-state index contributed by atoms with van der Waals surface area (Å²) in [5.74, 6) is -0.821. The molecule has 3 rings (SSSR count). The van der Waals surface area contributed by atoms with Crippen molar-refractivity contribution in [2.75, 3.05) is 31.5 Å². The maximum atomic E-state index is 12.9. The van der Waals surface area contributed by atoms with Crippen molar-refractivity contribution in [2.45, 2.75) is 6.92 Å². The van der Waals surface area contributed by atoms with Gasteiger partial charge in [0.1, 0.15) is 5.82 Å². The number of rotatable bonds is 3. The Labute approximate surface area is 156 Å². The molecule has 140 valence electrons. The molecule has 1 aliphatic heterocycles. The van der Waals surface area contributed by atoms with E-state index in [4.69, 9.17) is 0 Å². The number of hydrogen-bond donors (Lipinski definition) is 1. The Morgan fingerprint density at radius 2 is 1.33 bits per heavy atom. The minimum absolute atomic E-state index is 0.0126. The maximum Gasteiger partial charge on any atom is 0.255 e. The van der Waals surface area contributed by atoms with E-state index in [1.807, 2.05) is 0 Å². The summed E-state index contributed by atoms with van der Waals surface area (Å²) in [6, 6.07) is 11.9. The van der Waals surface area contributed by atoms with Crippen LogP contribution >= 0.6 is 0 Å². The van der Waals surface area contributed by atoms with E-state index < -0.39 is 0 Å². The topological polar surface area (TPSA) is 69.7 Å². The lowest BCUT2D eigenvalue weighted by molar-refractivity contribution is -0.130. The van der Waals surface area contributed by atoms with Crippen LogP contribution in [0.4, 0.5) is 10.1 Å². The maximum absolute atomic E-state index is 12.9. The van der Waals surface area contributed by atoms with Crippen molar-refractivity contribution in [3.63, 3.8) is 0 Å². The Morgan fingerprint density at radius 1 is 0.815 bits per heavy atom. The molecule has 2 aromatic rings. The molecule has 1 N–H and O–H groups in total. The number of carbonyl (C=O) groups is 3. The second-order valence-corrected chi connectivity index (χ2v) is 6.34. The smallest absolute Gasteiger partial charge is 0.255 e. The summed E-state index contributed by atoms with van der Waals surface area (Å²) >= 11 is 0. The molecule has 0 unspecified atom stereocenters. The van der Waals surface area contributed by atoms with Crippen LogP contribution in [0.5, 0.6) is 0 Å². The van der Waals surface area contributed by atoms with Gasteiger partial charge in [0.05, 0.1) is 0 Å². The number of piperazine rings is 1. The summed E-state index contributed by atoms with van der Waals surface area (Å²) in [5, 5.41) is 2.67. The van der Waals surface area contributed by atoms with E-state index in [0.29, 0.717) is 43.0 Å². The standard InChI is InChI=1S/C20H20FN3O3/c1-14(25)23-10-12-24(13-11-23)20(27)16-4-2-15(3-5-16)19(26)22-18-8-6-17(21)7-9-18/h2-9H,10-13H2,1H3,(H,22,26). The van der Waals surface area contributed by atoms with Crippen LogP contribution in [-0.4, -0.2) is 53.7 Å². The fourth-order valence-corrected chi connectivity index (χ4v) is 2.91. The first-order valence-corrected chi connectivity index (χ1v) is 8.66. The number of hydrogen-bond acceptors (Lipinski definition) is 3. The number of amides is 3. The average molecular weight is 369 g/mol. The fraction of sp³-hybridized carbons (Fsp3) is 0.250. The van der Waals surface area contributed by atoms with E-state index in [2.05, 4.69) is 5.32 Å². The second kappa shape index (κ2) is 7.99. The lowest BCUT2D eigenvalue weighted by Gasteiger charge is -2.34. The van der Waals surface area contributed by atoms with Gasteiger partial charge in [0.2, 0.25) is 5.91 Å². The number of benzene rings is 2. The first kappa shape index (κ1) is 18.6. The van der Waals surface area contributed by atoms with Gasteiger partial charge in [0.15, 0.2) is 0 Å². The Balaban J connectivity index is 1.61. The Morgan fingerprint density at radius 3 is 1.89 bits per heavy atom. The summed E-state index contributed by atoms with van der Waals surface area (Å²) in [5.41, 5.74) is 1.38. The van der Waals surface area contributed by atoms with Gasteiger partial charge in [-0.3, -0.25) is 14.4 Å². The predicted molar refractivity (Wildman–Crippen MR) is 99.0 cm³/mol. The van der Waals surface area contributed by atoms with E-state index in [1.165, 1.54) is 31.2 Å². The number of nitrogens with one attached hydrogen (secondary N) is 1. The van der Waals surface area contributed by atoms with Crippen LogP contribution in [0.2, 0.25) is 0 Å². The van der Waals surface area contributed by atoms with E-state index in [-0.39, 0.29) is 23.5 Å². The SMILES string of the molecule is CC(=O)N1CCN(C(=O)c2ccc(C(=O)Nc3ccc(F)cc3)cc2)CC1. The quantitative estimate of drug-likeness (QED) is 0.903. The Bertz CT molecular complexity index is 842. The molecule has 0 spiro atoms. The van der Waals surface area contributed by atoms with Gasteiger partial charge in [-0.15, -0.1) is 0 Å². The lowest BCUT2D eigenvalue weighted by Crippen LogP contribution is -2.50. The molecule has 0 atom stereocenters. The molecule has 3 amide bonds. The van der Waals surface area contributed by atoms with Gasteiger partial charge in [0, 0.05) is 49.9 Å². The van der Waals surface area contributed by atoms with Crippen molar-refractivity contribution >= 4 is 23.4 Å². The van der Waals surface area contributed by atoms with Crippen molar-refractivity contribution in [3.8, 4) is 0 Å². The van der Waals surface area contributed by atoms with Crippen molar-refractivity contribution < 1.29 is 18.8 Å². The van der Waals surface area contributed by atoms with E-state index in [9.17, 15) is 18.8 Å². The van der Waals surface area contributed by atoms with Crippen molar-refractivity contribution in [1.82, 2.24) is 9.80 Å². The number of anilines is 1. The molecule has 0 saturated carbocycles. The van der Waals surface area contributed by atoms with Crippen LogP contribution in [0, 0.1) is 5.82 Å². The van der Waals surface area contributed by atoms with E-state index >= 15 is 0 Å². The first-order chi connectivity index (χ1) is 12.9. The third kappa shape index (κ3) is 4.49. The zero-order valence-corrected chi connectivity index (χ0v) is 14.9. The van der Waals surface area contributed by atoms with Crippen molar-refractivity contribution in [3.05, 3.63) is 65.5 Å². The molecule has 7 heteroatoms. The minimum Gasteiger partial charge on any atom is -0.339 e. The number of halogens is 1. The molecular weight excluding hydrogens is 349 g/mol. The van der Waals surface area contributed by atoms with Crippen LogP contribution in [0.15, 0.2) is 48.5 Å². The molecular formula is C20H20FN3O3. The summed E-state index contributed by atoms with van der Waals surface area (Å²) in [6.45, 7) is 3.56. The molecule has 2 aromatic carbocycles. The van der Waals surface area contributed by atoms with E-state index in [0.717, 1.165) is 0 Å². The van der Waals surface area contributed by atoms with E-state index in [1.54, 1.807) is 34.1 Å². The highest BCUT2D eigenvalue weighted by atomic mass is 19.1. The van der Waals surface area contributed by atoms with Crippen LogP contribution in [0.1, 0.15) is 27.6 Å². The molecule has 1 aliphatic rings. The van der Waals surface area contributed by atoms with Gasteiger partial charge in [-0.2, -0.15) is 0 Å². The molecule has 0 aliphatic carbocycles. The third-order valence-corrected chi connectivity index (χ3v) is 4.51. The molecule has 6 nitrogen and oxygen atoms in total. The van der Waals surface area contributed by atoms with Crippen molar-refractivity contribution in [1.29, 1.82) is 0 Å². The zero-order valence-electron chi connectivity index (χ0n) is 14.9. The van der Waals surface area contributed by atoms with Gasteiger partial charge in [-0.05, 0) is 48.5 Å². The number of nitrogens with zero attached hydrogens (tertiary/aromatic N) is 2. The highest BCUT2D eigenvalue weighted by molar-refractivity contribution is 6.05. The Hall–Kier alpha value is -3.22. The van der Waals surface area contributed by atoms with Gasteiger partial charge in [-0.1, -0.05) is 0 Å². The molecule has 27 heavy (non-hydrogen) atoms. The third-order valence-electron chi connectivity index (χ3n) is 4.51. The molecule has 1 saturated heterocycles. The number of carbonyl (C=O) groups excluding carboxylic acids is 3. The second-order valence-electron chi connectivity index (χ2n) is 6.34. The predicted octanol–water partition coefficient (Wildman–Crippen LogP) is 2.38. The monoisotopic (exact) mass is 369 g/mol. The van der Waals surface area contributed by atoms with Gasteiger partial charge in [0.25, 0.3) is 11.8 Å². The van der Waals surface area contributed by atoms with Gasteiger partial charge < -0.3 is 15.1 Å². The summed E-state index contributed by atoms with van der Waals surface area (Å²) in [4.78, 5) is 39.6. The highest BCUT2D eigenvalue weighted by Gasteiger charge is 2.23. The van der Waals surface area contributed by atoms with Gasteiger partial charge in [-0.25, -0.2) is 4.39 Å². The largest absolute Gasteiger partial charge is 0.339 e. The minimum atomic E-state index is -0.375. The van der Waals surface area contributed by atoms with Crippen LogP contribution in [0.3, 0.4) is 0 Å². The zero-order chi connectivity index (χ0) is 19.4. The normalized spacial score (nSPS) is 14.0. The van der Waals surface area contributed by atoms with Gasteiger partial charge >= 0.3 is 0 Å². The highest BCUT2D eigenvalue weighted by Crippen LogP contribution is 2.13. The average Bonchev–Trinajstić information content (AvgIpc) is 2.69. The van der Waals surface area contributed by atoms with Crippen LogP contribution < -0.4 is 5.32 Å². The summed E-state index contributed by atoms with van der Waals surface area (Å²) in [7, 11) is 0.